The molecule has 0 aliphatic heterocycles. The van der Waals surface area contributed by atoms with Crippen LogP contribution in [-0.4, -0.2) is 31.9 Å². The van der Waals surface area contributed by atoms with Gasteiger partial charge in [0.15, 0.2) is 0 Å². The van der Waals surface area contributed by atoms with Gasteiger partial charge in [-0.05, 0) is 93.1 Å². The molecule has 8 nitrogen and oxygen atoms in total. The molecular formula is C43H51F6N5O3. The van der Waals surface area contributed by atoms with E-state index in [9.17, 15) is 35.9 Å². The minimum atomic E-state index is -5.07. The Hall–Kier alpha value is -5.27. The number of aryl methyl sites for hydroxylation is 1. The third-order valence-electron chi connectivity index (χ3n) is 8.86. The molecule has 0 atom stereocenters. The summed E-state index contributed by atoms with van der Waals surface area (Å²) in [5.74, 6) is -1.58. The molecule has 2 aromatic heterocycles. The number of carboxylic acid groups (broad SMARTS) is 1. The average Bonchev–Trinajstić information content (AvgIpc) is 3.17. The zero-order chi connectivity index (χ0) is 41.7. The van der Waals surface area contributed by atoms with Crippen LogP contribution in [0.25, 0.3) is 11.3 Å². The first-order valence-electron chi connectivity index (χ1n) is 19.3. The number of hydrogen-bond donors (Lipinski definition) is 3. The number of nitrogens with zero attached hydrogens (tertiary/aromatic N) is 3. The maximum absolute atomic E-state index is 13.1. The van der Waals surface area contributed by atoms with Crippen molar-refractivity contribution in [3.8, 4) is 11.3 Å². The van der Waals surface area contributed by atoms with Gasteiger partial charge in [-0.25, -0.2) is 9.97 Å². The summed E-state index contributed by atoms with van der Waals surface area (Å²) in [7, 11) is 0. The van der Waals surface area contributed by atoms with E-state index in [1.54, 1.807) is 37.5 Å². The van der Waals surface area contributed by atoms with Crippen molar-refractivity contribution in [2.75, 3.05) is 10.6 Å². The van der Waals surface area contributed by atoms with Gasteiger partial charge >= 0.3 is 18.3 Å². The van der Waals surface area contributed by atoms with Gasteiger partial charge < -0.3 is 15.7 Å². The van der Waals surface area contributed by atoms with Gasteiger partial charge in [0.25, 0.3) is 5.91 Å². The molecule has 0 spiro atoms. The van der Waals surface area contributed by atoms with Crippen molar-refractivity contribution in [3.05, 3.63) is 108 Å². The van der Waals surface area contributed by atoms with Gasteiger partial charge in [-0.15, -0.1) is 0 Å². The maximum Gasteiger partial charge on any atom is 0.416 e. The zero-order valence-electron chi connectivity index (χ0n) is 32.4. The Kier molecular flexibility index (Phi) is 19.2. The molecule has 14 heteroatoms. The number of carboxylic acids is 1. The molecule has 0 saturated carbocycles. The second kappa shape index (κ2) is 23.7. The lowest BCUT2D eigenvalue weighted by atomic mass is 10.0. The minimum Gasteiger partial charge on any atom is -0.481 e. The number of rotatable bonds is 20. The number of amides is 1. The second-order valence-corrected chi connectivity index (χ2v) is 13.6. The van der Waals surface area contributed by atoms with Crippen molar-refractivity contribution in [1.29, 1.82) is 0 Å². The van der Waals surface area contributed by atoms with Crippen LogP contribution >= 0.6 is 0 Å². The number of alkyl halides is 6. The number of halogens is 6. The van der Waals surface area contributed by atoms with Crippen molar-refractivity contribution >= 4 is 29.2 Å². The molecule has 0 saturated heterocycles. The SMILES string of the molecule is CCCCCCCC/C=C\CCCCCCCC(=O)O.Cc1ccc(NC(=O)c2cc(C(F)(F)F)cc(C(F)(F)F)c2)cc1Nc1nccc(-c2cccnc2)n1. The molecule has 4 rings (SSSR count). The number of allylic oxidation sites excluding steroid dienone is 2. The van der Waals surface area contributed by atoms with Crippen LogP contribution < -0.4 is 10.6 Å². The smallest absolute Gasteiger partial charge is 0.416 e. The van der Waals surface area contributed by atoms with Crippen molar-refractivity contribution < 1.29 is 41.0 Å². The van der Waals surface area contributed by atoms with Crippen LogP contribution in [0.2, 0.25) is 0 Å². The largest absolute Gasteiger partial charge is 0.481 e. The highest BCUT2D eigenvalue weighted by atomic mass is 19.4. The summed E-state index contributed by atoms with van der Waals surface area (Å²) < 4.78 is 78.9. The van der Waals surface area contributed by atoms with Crippen molar-refractivity contribution in [3.63, 3.8) is 0 Å². The van der Waals surface area contributed by atoms with Crippen LogP contribution in [0.3, 0.4) is 0 Å². The summed E-state index contributed by atoms with van der Waals surface area (Å²) in [6.07, 6.45) is 15.9. The highest BCUT2D eigenvalue weighted by molar-refractivity contribution is 6.04. The first-order valence-corrected chi connectivity index (χ1v) is 19.3. The van der Waals surface area contributed by atoms with Gasteiger partial charge in [0.1, 0.15) is 0 Å². The fourth-order valence-corrected chi connectivity index (χ4v) is 5.69. The molecule has 2 heterocycles. The Labute approximate surface area is 330 Å². The topological polar surface area (TPSA) is 117 Å². The van der Waals surface area contributed by atoms with Crippen LogP contribution in [0.5, 0.6) is 0 Å². The number of unbranched alkanes of at least 4 members (excludes halogenated alkanes) is 11. The quantitative estimate of drug-likeness (QED) is 0.0463. The standard InChI is InChI=1S/C25H17F6N5O.C18H34O2/c1-14-4-5-19(12-21(14)36-23-33-8-6-20(35-23)15-3-2-7-32-13-15)34-22(37)16-9-17(24(26,27)28)11-18(10-16)25(29,30)31;1-2-3-4-5-6-7-8-9-10-11-12-13-14-15-16-17-18(19)20/h2-13H,1H3,(H,34,37)(H,33,35,36);9-10H,2-8,11-17H2,1H3,(H,19,20)/b;10-9-. The number of anilines is 3. The van der Waals surface area contributed by atoms with Crippen LogP contribution in [0.1, 0.15) is 124 Å². The number of hydrogen-bond acceptors (Lipinski definition) is 6. The maximum atomic E-state index is 13.1. The summed E-state index contributed by atoms with van der Waals surface area (Å²) in [6.45, 7) is 4.01. The zero-order valence-corrected chi connectivity index (χ0v) is 32.4. The number of nitrogens with one attached hydrogen (secondary N) is 2. The molecule has 1 amide bonds. The minimum absolute atomic E-state index is 0.0374. The van der Waals surface area contributed by atoms with E-state index in [-0.39, 0.29) is 17.7 Å². The first kappa shape index (κ1) is 46.1. The molecule has 308 valence electrons. The van der Waals surface area contributed by atoms with Gasteiger partial charge in [-0.1, -0.05) is 76.5 Å². The third-order valence-corrected chi connectivity index (χ3v) is 8.86. The number of aromatic nitrogens is 3. The van der Waals surface area contributed by atoms with E-state index >= 15 is 0 Å². The number of pyridine rings is 1. The van der Waals surface area contributed by atoms with Gasteiger partial charge in [0.05, 0.1) is 16.8 Å². The number of carbonyl (C=O) groups is 2. The molecule has 0 fully saturated rings. The fraction of sp³-hybridized carbons (Fsp3) is 0.419. The molecule has 0 aliphatic carbocycles. The predicted octanol–water partition coefficient (Wildman–Crippen LogP) is 13.0. The van der Waals surface area contributed by atoms with Gasteiger partial charge in [0, 0.05) is 47.5 Å². The Morgan fingerprint density at radius 1 is 0.754 bits per heavy atom. The number of benzene rings is 2. The van der Waals surface area contributed by atoms with E-state index in [4.69, 9.17) is 5.11 Å². The van der Waals surface area contributed by atoms with E-state index in [0.29, 0.717) is 35.5 Å². The van der Waals surface area contributed by atoms with Gasteiger partial charge in [-0.3, -0.25) is 14.6 Å². The normalized spacial score (nSPS) is 11.6. The molecule has 4 aromatic rings. The summed E-state index contributed by atoms with van der Waals surface area (Å²) in [5.41, 5.74) is -1.29. The van der Waals surface area contributed by atoms with Crippen LogP contribution in [0.15, 0.2) is 85.3 Å². The van der Waals surface area contributed by atoms with Crippen LogP contribution in [-0.2, 0) is 17.1 Å². The number of carbonyl (C=O) groups excluding carboxylic acids is 1. The Morgan fingerprint density at radius 2 is 1.37 bits per heavy atom. The molecule has 57 heavy (non-hydrogen) atoms. The van der Waals surface area contributed by atoms with Crippen LogP contribution in [0.4, 0.5) is 43.7 Å². The fourth-order valence-electron chi connectivity index (χ4n) is 5.69. The monoisotopic (exact) mass is 799 g/mol. The molecule has 0 radical (unpaired) electrons. The number of aliphatic carboxylic acids is 1. The van der Waals surface area contributed by atoms with E-state index in [1.165, 1.54) is 89.0 Å². The van der Waals surface area contributed by atoms with Crippen molar-refractivity contribution in [2.45, 2.75) is 116 Å². The molecule has 0 bridgehead atoms. The first-order chi connectivity index (χ1) is 27.2. The molecule has 2 aromatic carbocycles. The van der Waals surface area contributed by atoms with E-state index in [1.807, 2.05) is 6.07 Å². The van der Waals surface area contributed by atoms with Crippen molar-refractivity contribution in [1.82, 2.24) is 15.0 Å². The Balaban J connectivity index is 0.000000371. The predicted molar refractivity (Wildman–Crippen MR) is 211 cm³/mol. The van der Waals surface area contributed by atoms with E-state index < -0.39 is 40.9 Å². The van der Waals surface area contributed by atoms with E-state index in [0.717, 1.165) is 18.4 Å². The van der Waals surface area contributed by atoms with Gasteiger partial charge in [-0.2, -0.15) is 26.3 Å². The Bertz CT molecular complexity index is 1830. The average molecular weight is 800 g/mol. The molecule has 3 N–H and O–H groups in total. The van der Waals surface area contributed by atoms with Crippen molar-refractivity contribution in [2.24, 2.45) is 0 Å². The summed E-state index contributed by atoms with van der Waals surface area (Å²) in [5, 5.41) is 13.9. The lowest BCUT2D eigenvalue weighted by Gasteiger charge is -2.15. The Morgan fingerprint density at radius 3 is 1.95 bits per heavy atom. The van der Waals surface area contributed by atoms with Gasteiger partial charge in [0.2, 0.25) is 5.95 Å². The second-order valence-electron chi connectivity index (χ2n) is 13.6. The lowest BCUT2D eigenvalue weighted by Crippen LogP contribution is -2.17. The molecular weight excluding hydrogens is 748 g/mol. The van der Waals surface area contributed by atoms with Crippen LogP contribution in [0, 0.1) is 6.92 Å². The highest BCUT2D eigenvalue weighted by Crippen LogP contribution is 2.36. The third kappa shape index (κ3) is 17.6. The lowest BCUT2D eigenvalue weighted by molar-refractivity contribution is -0.143. The molecule has 0 unspecified atom stereocenters. The summed E-state index contributed by atoms with van der Waals surface area (Å²) in [4.78, 5) is 35.6. The molecule has 0 aliphatic rings. The summed E-state index contributed by atoms with van der Waals surface area (Å²) >= 11 is 0. The van der Waals surface area contributed by atoms with E-state index in [2.05, 4.69) is 44.7 Å². The highest BCUT2D eigenvalue weighted by Gasteiger charge is 2.37. The summed E-state index contributed by atoms with van der Waals surface area (Å²) in [6, 6.07) is 10.5.